The monoisotopic (exact) mass is 357 g/mol. The Labute approximate surface area is 156 Å². The number of nitrogens with zero attached hydrogens (tertiary/aromatic N) is 2. The van der Waals surface area contributed by atoms with Crippen molar-refractivity contribution in [1.82, 2.24) is 5.06 Å². The van der Waals surface area contributed by atoms with Crippen LogP contribution in [0.5, 0.6) is 0 Å². The van der Waals surface area contributed by atoms with E-state index in [2.05, 4.69) is 39.0 Å². The molecular weight excluding hydrogens is 326 g/mol. The summed E-state index contributed by atoms with van der Waals surface area (Å²) in [4.78, 5) is 11.4. The van der Waals surface area contributed by atoms with Gasteiger partial charge in [0.25, 0.3) is 0 Å². The van der Waals surface area contributed by atoms with Gasteiger partial charge in [-0.25, -0.2) is 14.9 Å². The molecule has 1 aromatic carbocycles. The zero-order valence-electron chi connectivity index (χ0n) is 16.6. The molecule has 1 atom stereocenters. The van der Waals surface area contributed by atoms with Gasteiger partial charge in [-0.1, -0.05) is 39.0 Å². The number of nitrogens with two attached hydrogens (primary N) is 1. The fourth-order valence-electron chi connectivity index (χ4n) is 5.00. The van der Waals surface area contributed by atoms with Crippen molar-refractivity contribution in [3.63, 3.8) is 0 Å². The maximum Gasteiger partial charge on any atom is 0.220 e. The molecule has 2 aliphatic carbocycles. The minimum Gasteiger partial charge on any atom is -0.381 e. The Bertz CT molecular complexity index is 744. The molecule has 142 valence electrons. The second-order valence-corrected chi connectivity index (χ2v) is 9.22. The SMILES string of the molecule is COC1CCC2(CC1)Cc1ccc(C(C)(C)C)cc1C21N=C(N)N(C)O1. The molecule has 1 saturated carbocycles. The molecule has 2 N–H and O–H groups in total. The first-order valence-electron chi connectivity index (χ1n) is 9.66. The third-order valence-electron chi connectivity index (χ3n) is 6.68. The van der Waals surface area contributed by atoms with E-state index in [1.807, 2.05) is 14.2 Å². The molecular formula is C21H31N3O2. The second kappa shape index (κ2) is 5.70. The molecule has 1 aromatic rings. The minimum absolute atomic E-state index is 0.0454. The highest BCUT2D eigenvalue weighted by atomic mass is 16.7. The van der Waals surface area contributed by atoms with Crippen molar-refractivity contribution in [2.45, 2.75) is 70.1 Å². The Morgan fingerprint density at radius 3 is 2.50 bits per heavy atom. The van der Waals surface area contributed by atoms with Crippen molar-refractivity contribution < 1.29 is 9.57 Å². The molecule has 0 amide bonds. The molecule has 1 heterocycles. The van der Waals surface area contributed by atoms with Gasteiger partial charge in [0.05, 0.1) is 6.10 Å². The molecule has 5 heteroatoms. The van der Waals surface area contributed by atoms with Crippen molar-refractivity contribution >= 4 is 5.96 Å². The number of aliphatic imine (C=N–C) groups is 1. The Morgan fingerprint density at radius 2 is 1.96 bits per heavy atom. The Kier molecular flexibility index (Phi) is 3.90. The number of fused-ring (bicyclic) bond motifs is 3. The molecule has 1 unspecified atom stereocenters. The summed E-state index contributed by atoms with van der Waals surface area (Å²) < 4.78 is 5.62. The maximum absolute atomic E-state index is 6.44. The summed E-state index contributed by atoms with van der Waals surface area (Å²) >= 11 is 0. The minimum atomic E-state index is -0.693. The van der Waals surface area contributed by atoms with Crippen molar-refractivity contribution in [3.8, 4) is 0 Å². The summed E-state index contributed by atoms with van der Waals surface area (Å²) in [7, 11) is 3.67. The first-order valence-corrected chi connectivity index (χ1v) is 9.66. The lowest BCUT2D eigenvalue weighted by Gasteiger charge is -2.45. The van der Waals surface area contributed by atoms with Crippen LogP contribution in [0.4, 0.5) is 0 Å². The number of hydrogen-bond acceptors (Lipinski definition) is 5. The predicted octanol–water partition coefficient (Wildman–Crippen LogP) is 3.46. The zero-order valence-corrected chi connectivity index (χ0v) is 16.6. The summed E-state index contributed by atoms with van der Waals surface area (Å²) in [6.45, 7) is 6.74. The van der Waals surface area contributed by atoms with Crippen LogP contribution < -0.4 is 5.73 Å². The summed E-state index contributed by atoms with van der Waals surface area (Å²) in [6.07, 6.45) is 5.49. The van der Waals surface area contributed by atoms with Gasteiger partial charge in [-0.3, -0.25) is 0 Å². The number of ether oxygens (including phenoxy) is 1. The lowest BCUT2D eigenvalue weighted by molar-refractivity contribution is -0.232. The van der Waals surface area contributed by atoms with Gasteiger partial charge < -0.3 is 10.5 Å². The smallest absolute Gasteiger partial charge is 0.220 e. The molecule has 2 spiro atoms. The third-order valence-corrected chi connectivity index (χ3v) is 6.68. The van der Waals surface area contributed by atoms with E-state index in [1.165, 1.54) is 16.7 Å². The normalized spacial score (nSPS) is 33.8. The summed E-state index contributed by atoms with van der Waals surface area (Å²) in [5.74, 6) is 0.465. The summed E-state index contributed by atoms with van der Waals surface area (Å²) in [6, 6.07) is 6.85. The standard InChI is InChI=1S/C21H31N3O2/c1-19(2,3)15-7-6-14-13-20(10-8-16(25-5)9-11-20)21(17(14)12-15)23-18(22)24(4)26-21/h6-7,12,16H,8-11,13H2,1-5H3,(H2,22,23). The number of hydrogen-bond donors (Lipinski definition) is 1. The van der Waals surface area contributed by atoms with Crippen molar-refractivity contribution in [2.75, 3.05) is 14.2 Å². The van der Waals surface area contributed by atoms with Crippen LogP contribution in [-0.2, 0) is 27.1 Å². The van der Waals surface area contributed by atoms with Gasteiger partial charge in [-0.15, -0.1) is 0 Å². The molecule has 0 saturated heterocycles. The van der Waals surface area contributed by atoms with Gasteiger partial charge in [-0.2, -0.15) is 0 Å². The summed E-state index contributed by atoms with van der Waals surface area (Å²) in [5.41, 5.74) is 9.39. The van der Waals surface area contributed by atoms with Gasteiger partial charge in [0.15, 0.2) is 0 Å². The number of benzene rings is 1. The van der Waals surface area contributed by atoms with Crippen LogP contribution in [0.2, 0.25) is 0 Å². The van der Waals surface area contributed by atoms with E-state index in [0.717, 1.165) is 32.1 Å². The van der Waals surface area contributed by atoms with E-state index < -0.39 is 5.72 Å². The van der Waals surface area contributed by atoms with E-state index in [1.54, 1.807) is 5.06 Å². The largest absolute Gasteiger partial charge is 0.381 e. The first kappa shape index (κ1) is 17.8. The molecule has 3 aliphatic rings. The van der Waals surface area contributed by atoms with E-state index in [4.69, 9.17) is 20.3 Å². The van der Waals surface area contributed by atoms with Crippen LogP contribution in [0, 0.1) is 5.41 Å². The van der Waals surface area contributed by atoms with E-state index in [9.17, 15) is 0 Å². The van der Waals surface area contributed by atoms with Crippen LogP contribution in [0.15, 0.2) is 23.2 Å². The Morgan fingerprint density at radius 1 is 1.27 bits per heavy atom. The molecule has 0 aromatic heterocycles. The fraction of sp³-hybridized carbons (Fsp3) is 0.667. The van der Waals surface area contributed by atoms with Crippen LogP contribution in [0.1, 0.15) is 63.1 Å². The average Bonchev–Trinajstić information content (AvgIpc) is 3.03. The van der Waals surface area contributed by atoms with Gasteiger partial charge in [0.2, 0.25) is 11.7 Å². The highest BCUT2D eigenvalue weighted by Gasteiger charge is 2.63. The van der Waals surface area contributed by atoms with Gasteiger partial charge in [0.1, 0.15) is 0 Å². The molecule has 1 aliphatic heterocycles. The van der Waals surface area contributed by atoms with Crippen molar-refractivity contribution in [3.05, 3.63) is 34.9 Å². The van der Waals surface area contributed by atoms with Crippen molar-refractivity contribution in [1.29, 1.82) is 0 Å². The molecule has 26 heavy (non-hydrogen) atoms. The van der Waals surface area contributed by atoms with Crippen LogP contribution >= 0.6 is 0 Å². The molecule has 0 radical (unpaired) electrons. The van der Waals surface area contributed by atoms with Crippen LogP contribution in [0.25, 0.3) is 0 Å². The van der Waals surface area contributed by atoms with Gasteiger partial charge >= 0.3 is 0 Å². The van der Waals surface area contributed by atoms with Crippen molar-refractivity contribution in [2.24, 2.45) is 16.1 Å². The number of methoxy groups -OCH3 is 1. The summed E-state index contributed by atoms with van der Waals surface area (Å²) in [5, 5.41) is 1.64. The number of guanidine groups is 1. The fourth-order valence-corrected chi connectivity index (χ4v) is 5.00. The van der Waals surface area contributed by atoms with E-state index in [-0.39, 0.29) is 10.8 Å². The molecule has 5 nitrogen and oxygen atoms in total. The molecule has 0 bridgehead atoms. The molecule has 1 fully saturated rings. The number of hydroxylamine groups is 2. The van der Waals surface area contributed by atoms with Gasteiger partial charge in [0, 0.05) is 25.1 Å². The van der Waals surface area contributed by atoms with Crippen LogP contribution in [0.3, 0.4) is 0 Å². The van der Waals surface area contributed by atoms with Crippen LogP contribution in [-0.4, -0.2) is 31.3 Å². The highest BCUT2D eigenvalue weighted by molar-refractivity contribution is 5.79. The average molecular weight is 357 g/mol. The quantitative estimate of drug-likeness (QED) is 0.836. The van der Waals surface area contributed by atoms with Gasteiger partial charge in [-0.05, 0) is 48.6 Å². The lowest BCUT2D eigenvalue weighted by Crippen LogP contribution is -2.46. The Balaban J connectivity index is 1.83. The lowest BCUT2D eigenvalue weighted by atomic mass is 9.66. The number of rotatable bonds is 1. The third kappa shape index (κ3) is 2.40. The molecule has 4 rings (SSSR count). The highest BCUT2D eigenvalue weighted by Crippen LogP contribution is 2.62. The predicted molar refractivity (Wildman–Crippen MR) is 103 cm³/mol. The van der Waals surface area contributed by atoms with E-state index >= 15 is 0 Å². The maximum atomic E-state index is 6.44. The zero-order chi connectivity index (χ0) is 18.7. The second-order valence-electron chi connectivity index (χ2n) is 9.22. The van der Waals surface area contributed by atoms with E-state index in [0.29, 0.717) is 12.1 Å². The topological polar surface area (TPSA) is 60.1 Å². The Hall–Kier alpha value is -1.59. The first-order chi connectivity index (χ1) is 12.2.